The van der Waals surface area contributed by atoms with Crippen LogP contribution in [-0.2, 0) is 12.8 Å². The zero-order valence-electron chi connectivity index (χ0n) is 12.4. The van der Waals surface area contributed by atoms with Crippen LogP contribution in [0.25, 0.3) is 11.0 Å². The fourth-order valence-corrected chi connectivity index (χ4v) is 3.39. The number of hydrogen-bond acceptors (Lipinski definition) is 3. The lowest BCUT2D eigenvalue weighted by atomic mass is 10.0. The van der Waals surface area contributed by atoms with Gasteiger partial charge in [-0.2, -0.15) is 0 Å². The molecule has 22 heavy (non-hydrogen) atoms. The monoisotopic (exact) mass is 309 g/mol. The van der Waals surface area contributed by atoms with E-state index in [9.17, 15) is 0 Å². The van der Waals surface area contributed by atoms with Crippen molar-refractivity contribution in [3.8, 4) is 0 Å². The Morgan fingerprint density at radius 2 is 2.00 bits per heavy atom. The van der Waals surface area contributed by atoms with E-state index in [1.807, 2.05) is 12.1 Å². The number of halogens is 1. The molecule has 0 amide bonds. The minimum atomic E-state index is 0.710. The minimum absolute atomic E-state index is 0.710. The number of rotatable bonds is 2. The van der Waals surface area contributed by atoms with Crippen LogP contribution in [0.2, 0.25) is 5.02 Å². The molecule has 0 N–H and O–H groups in total. The third-order valence-electron chi connectivity index (χ3n) is 4.29. The van der Waals surface area contributed by atoms with E-state index in [1.54, 1.807) is 12.4 Å². The lowest BCUT2D eigenvalue weighted by Crippen LogP contribution is -2.12. The molecule has 0 radical (unpaired) electrons. The number of benzene rings is 2. The van der Waals surface area contributed by atoms with Gasteiger partial charge in [-0.15, -0.1) is 0 Å². The van der Waals surface area contributed by atoms with Crippen molar-refractivity contribution in [2.45, 2.75) is 12.8 Å². The van der Waals surface area contributed by atoms with Crippen molar-refractivity contribution >= 4 is 28.3 Å². The molecule has 0 fully saturated rings. The van der Waals surface area contributed by atoms with E-state index in [0.717, 1.165) is 36.0 Å². The van der Waals surface area contributed by atoms with Crippen LogP contribution in [0.3, 0.4) is 0 Å². The van der Waals surface area contributed by atoms with Crippen molar-refractivity contribution < 1.29 is 0 Å². The zero-order valence-corrected chi connectivity index (χ0v) is 13.1. The van der Waals surface area contributed by atoms with Gasteiger partial charge in [0.05, 0.1) is 11.0 Å². The summed E-state index contributed by atoms with van der Waals surface area (Å²) in [6, 6.07) is 10.6. The molecule has 0 unspecified atom stereocenters. The van der Waals surface area contributed by atoms with E-state index in [-0.39, 0.29) is 0 Å². The second-order valence-electron chi connectivity index (χ2n) is 5.80. The van der Waals surface area contributed by atoms with E-state index < -0.39 is 0 Å². The number of aromatic nitrogens is 2. The van der Waals surface area contributed by atoms with Crippen molar-refractivity contribution in [3.63, 3.8) is 0 Å². The average Bonchev–Trinajstić information content (AvgIpc) is 2.88. The van der Waals surface area contributed by atoms with Gasteiger partial charge in [0.25, 0.3) is 0 Å². The molecular formula is C18H16ClN3. The SMILES string of the molecule is CN1CCc2ccc(Cc3cc(Cl)cc4nccnc34)cc21. The highest BCUT2D eigenvalue weighted by molar-refractivity contribution is 6.31. The highest BCUT2D eigenvalue weighted by Gasteiger charge is 2.16. The number of hydrogen-bond donors (Lipinski definition) is 0. The summed E-state index contributed by atoms with van der Waals surface area (Å²) in [5.74, 6) is 0. The molecule has 110 valence electrons. The number of fused-ring (bicyclic) bond motifs is 2. The Labute approximate surface area is 134 Å². The quantitative estimate of drug-likeness (QED) is 0.719. The van der Waals surface area contributed by atoms with Crippen molar-refractivity contribution in [1.29, 1.82) is 0 Å². The van der Waals surface area contributed by atoms with Gasteiger partial charge < -0.3 is 4.90 Å². The van der Waals surface area contributed by atoms with Crippen molar-refractivity contribution in [2.75, 3.05) is 18.5 Å². The van der Waals surface area contributed by atoms with Gasteiger partial charge in [-0.05, 0) is 47.7 Å². The Bertz CT molecular complexity index is 860. The van der Waals surface area contributed by atoms with Gasteiger partial charge in [0, 0.05) is 36.7 Å². The van der Waals surface area contributed by atoms with Crippen LogP contribution >= 0.6 is 11.6 Å². The van der Waals surface area contributed by atoms with Gasteiger partial charge in [-0.1, -0.05) is 23.7 Å². The summed E-state index contributed by atoms with van der Waals surface area (Å²) in [5.41, 5.74) is 6.96. The lowest BCUT2D eigenvalue weighted by molar-refractivity contribution is 0.956. The molecule has 0 bridgehead atoms. The molecule has 3 nitrogen and oxygen atoms in total. The third kappa shape index (κ3) is 2.32. The predicted molar refractivity (Wildman–Crippen MR) is 90.8 cm³/mol. The Hall–Kier alpha value is -2.13. The zero-order chi connectivity index (χ0) is 15.1. The molecule has 0 atom stereocenters. The molecule has 4 heteroatoms. The molecule has 0 spiro atoms. The van der Waals surface area contributed by atoms with Gasteiger partial charge in [-0.3, -0.25) is 9.97 Å². The summed E-state index contributed by atoms with van der Waals surface area (Å²) in [4.78, 5) is 11.1. The Morgan fingerprint density at radius 1 is 1.14 bits per heavy atom. The molecule has 1 aliphatic heterocycles. The largest absolute Gasteiger partial charge is 0.374 e. The second kappa shape index (κ2) is 5.25. The molecule has 0 saturated carbocycles. The lowest BCUT2D eigenvalue weighted by Gasteiger charge is -2.13. The first kappa shape index (κ1) is 13.5. The molecule has 0 aliphatic carbocycles. The maximum atomic E-state index is 6.23. The second-order valence-corrected chi connectivity index (χ2v) is 6.24. The van der Waals surface area contributed by atoms with Gasteiger partial charge in [0.15, 0.2) is 0 Å². The Morgan fingerprint density at radius 3 is 2.91 bits per heavy atom. The Balaban J connectivity index is 1.77. The first-order valence-corrected chi connectivity index (χ1v) is 7.80. The highest BCUT2D eigenvalue weighted by atomic mass is 35.5. The first-order chi connectivity index (χ1) is 10.7. The van der Waals surface area contributed by atoms with Crippen molar-refractivity contribution in [3.05, 3.63) is 64.4 Å². The van der Waals surface area contributed by atoms with Crippen molar-refractivity contribution in [1.82, 2.24) is 9.97 Å². The van der Waals surface area contributed by atoms with E-state index in [1.165, 1.54) is 16.8 Å². The summed E-state index contributed by atoms with van der Waals surface area (Å²) in [6.45, 7) is 1.10. The molecule has 1 aromatic heterocycles. The normalized spacial score (nSPS) is 13.6. The van der Waals surface area contributed by atoms with Crippen LogP contribution < -0.4 is 4.90 Å². The van der Waals surface area contributed by atoms with Gasteiger partial charge in [0.1, 0.15) is 0 Å². The smallest absolute Gasteiger partial charge is 0.0923 e. The van der Waals surface area contributed by atoms with Crippen molar-refractivity contribution in [2.24, 2.45) is 0 Å². The van der Waals surface area contributed by atoms with E-state index in [4.69, 9.17) is 11.6 Å². The molecule has 2 aromatic carbocycles. The van der Waals surface area contributed by atoms with Crippen LogP contribution in [-0.4, -0.2) is 23.6 Å². The van der Waals surface area contributed by atoms with E-state index >= 15 is 0 Å². The van der Waals surface area contributed by atoms with Crippen LogP contribution in [0.15, 0.2) is 42.7 Å². The molecule has 4 rings (SSSR count). The molecule has 2 heterocycles. The van der Waals surface area contributed by atoms with Crippen LogP contribution in [0.1, 0.15) is 16.7 Å². The van der Waals surface area contributed by atoms with Gasteiger partial charge in [0.2, 0.25) is 0 Å². The Kier molecular flexibility index (Phi) is 3.23. The highest BCUT2D eigenvalue weighted by Crippen LogP contribution is 2.29. The van der Waals surface area contributed by atoms with Gasteiger partial charge >= 0.3 is 0 Å². The predicted octanol–water partition coefficient (Wildman–Crippen LogP) is 3.87. The van der Waals surface area contributed by atoms with Crippen LogP contribution in [0.5, 0.6) is 0 Å². The fraction of sp³-hybridized carbons (Fsp3) is 0.222. The van der Waals surface area contributed by atoms with E-state index in [2.05, 4.69) is 40.1 Å². The summed E-state index contributed by atoms with van der Waals surface area (Å²) in [5, 5.41) is 0.710. The summed E-state index contributed by atoms with van der Waals surface area (Å²) >= 11 is 6.23. The van der Waals surface area contributed by atoms with Gasteiger partial charge in [-0.25, -0.2) is 0 Å². The third-order valence-corrected chi connectivity index (χ3v) is 4.51. The van der Waals surface area contributed by atoms with Crippen LogP contribution in [0, 0.1) is 0 Å². The topological polar surface area (TPSA) is 29.0 Å². The summed E-state index contributed by atoms with van der Waals surface area (Å²) in [7, 11) is 2.15. The maximum absolute atomic E-state index is 6.23. The fourth-order valence-electron chi connectivity index (χ4n) is 3.16. The van der Waals surface area contributed by atoms with Crippen LogP contribution in [0.4, 0.5) is 5.69 Å². The molecular weight excluding hydrogens is 294 g/mol. The summed E-state index contributed by atoms with van der Waals surface area (Å²) < 4.78 is 0. The number of anilines is 1. The number of likely N-dealkylation sites (N-methyl/N-ethyl adjacent to an activating group) is 1. The summed E-state index contributed by atoms with van der Waals surface area (Å²) in [6.07, 6.45) is 5.39. The minimum Gasteiger partial charge on any atom is -0.374 e. The molecule has 0 saturated heterocycles. The first-order valence-electron chi connectivity index (χ1n) is 7.43. The standard InChI is InChI=1S/C18H16ClN3/c1-22-7-4-13-3-2-12(9-17(13)22)8-14-10-15(19)11-16-18(14)21-6-5-20-16/h2-3,5-6,9-11H,4,7-8H2,1H3. The number of nitrogens with zero attached hydrogens (tertiary/aromatic N) is 3. The molecule has 3 aromatic rings. The maximum Gasteiger partial charge on any atom is 0.0923 e. The average molecular weight is 310 g/mol. The van der Waals surface area contributed by atoms with E-state index in [0.29, 0.717) is 5.02 Å². The molecule has 1 aliphatic rings.